The van der Waals surface area contributed by atoms with Crippen molar-refractivity contribution in [3.05, 3.63) is 47.3 Å². The molecule has 0 unspecified atom stereocenters. The number of aryl methyl sites for hydroxylation is 1. The van der Waals surface area contributed by atoms with Gasteiger partial charge in [0.25, 0.3) is 0 Å². The van der Waals surface area contributed by atoms with Crippen LogP contribution in [0.3, 0.4) is 0 Å². The third kappa shape index (κ3) is 3.87. The van der Waals surface area contributed by atoms with Crippen molar-refractivity contribution in [2.75, 3.05) is 19.3 Å². The molecule has 1 aromatic carbocycles. The van der Waals surface area contributed by atoms with Crippen LogP contribution >= 0.6 is 0 Å². The van der Waals surface area contributed by atoms with E-state index >= 15 is 0 Å². The molecular weight excluding hydrogens is 322 g/mol. The molecule has 5 nitrogen and oxygen atoms in total. The van der Waals surface area contributed by atoms with Crippen molar-refractivity contribution >= 4 is 9.84 Å². The topological polar surface area (TPSA) is 64.0 Å². The molecule has 6 heteroatoms. The average molecular weight is 347 g/mol. The zero-order valence-electron chi connectivity index (χ0n) is 14.3. The number of sulfone groups is 1. The van der Waals surface area contributed by atoms with E-state index in [9.17, 15) is 8.42 Å². The van der Waals surface area contributed by atoms with Crippen LogP contribution in [0.15, 0.2) is 35.2 Å². The zero-order valence-corrected chi connectivity index (χ0v) is 15.1. The van der Waals surface area contributed by atoms with Gasteiger partial charge >= 0.3 is 0 Å². The van der Waals surface area contributed by atoms with Crippen LogP contribution in [0.4, 0.5) is 0 Å². The lowest BCUT2D eigenvalue weighted by molar-refractivity contribution is 0.432. The highest BCUT2D eigenvalue weighted by Crippen LogP contribution is 2.26. The van der Waals surface area contributed by atoms with Gasteiger partial charge in [0.2, 0.25) is 0 Å². The summed E-state index contributed by atoms with van der Waals surface area (Å²) in [6.45, 7) is 5.15. The number of rotatable bonds is 5. The van der Waals surface area contributed by atoms with Gasteiger partial charge in [-0.05, 0) is 56.6 Å². The van der Waals surface area contributed by atoms with Crippen LogP contribution in [0.5, 0.6) is 0 Å². The number of benzene rings is 1. The van der Waals surface area contributed by atoms with Crippen LogP contribution in [-0.4, -0.2) is 37.5 Å². The second-order valence-electron chi connectivity index (χ2n) is 6.49. The lowest BCUT2D eigenvalue weighted by Gasteiger charge is -2.23. The van der Waals surface area contributed by atoms with Crippen LogP contribution in [-0.2, 0) is 22.8 Å². The smallest absolute Gasteiger partial charge is 0.175 e. The Labute approximate surface area is 144 Å². The number of hydrogen-bond acceptors (Lipinski definition) is 4. The summed E-state index contributed by atoms with van der Waals surface area (Å²) < 4.78 is 25.2. The van der Waals surface area contributed by atoms with E-state index in [0.717, 1.165) is 50.2 Å². The molecule has 1 fully saturated rings. The molecule has 0 bridgehead atoms. The van der Waals surface area contributed by atoms with Crippen molar-refractivity contribution in [3.8, 4) is 0 Å². The normalized spacial score (nSPS) is 16.4. The SMILES string of the molecule is CCn1nc(Cc2ccc(S(C)(=O)=O)cc2)cc1C1CCNCC1. The molecule has 24 heavy (non-hydrogen) atoms. The van der Waals surface area contributed by atoms with E-state index in [1.54, 1.807) is 12.1 Å². The Bertz CT molecular complexity index is 788. The Balaban J connectivity index is 1.79. The average Bonchev–Trinajstić information content (AvgIpc) is 2.98. The molecule has 0 saturated carbocycles. The van der Waals surface area contributed by atoms with Gasteiger partial charge in [0.15, 0.2) is 9.84 Å². The molecule has 2 aromatic rings. The van der Waals surface area contributed by atoms with Crippen molar-refractivity contribution in [1.29, 1.82) is 0 Å². The monoisotopic (exact) mass is 347 g/mol. The van der Waals surface area contributed by atoms with Gasteiger partial charge in [0.1, 0.15) is 0 Å². The molecule has 0 atom stereocenters. The molecular formula is C18H25N3O2S. The minimum Gasteiger partial charge on any atom is -0.317 e. The molecule has 0 aliphatic carbocycles. The van der Waals surface area contributed by atoms with E-state index in [1.165, 1.54) is 11.9 Å². The highest BCUT2D eigenvalue weighted by Gasteiger charge is 2.20. The second kappa shape index (κ2) is 7.07. The van der Waals surface area contributed by atoms with Gasteiger partial charge in [0, 0.05) is 30.8 Å². The largest absolute Gasteiger partial charge is 0.317 e. The lowest BCUT2D eigenvalue weighted by Crippen LogP contribution is -2.27. The number of aromatic nitrogens is 2. The maximum Gasteiger partial charge on any atom is 0.175 e. The number of hydrogen-bond donors (Lipinski definition) is 1. The highest BCUT2D eigenvalue weighted by molar-refractivity contribution is 7.90. The molecule has 1 aliphatic heterocycles. The van der Waals surface area contributed by atoms with Crippen LogP contribution in [0.2, 0.25) is 0 Å². The fourth-order valence-electron chi connectivity index (χ4n) is 3.34. The van der Waals surface area contributed by atoms with Gasteiger partial charge in [-0.2, -0.15) is 5.10 Å². The second-order valence-corrected chi connectivity index (χ2v) is 8.51. The van der Waals surface area contributed by atoms with E-state index in [-0.39, 0.29) is 0 Å². The minimum absolute atomic E-state index is 0.362. The third-order valence-corrected chi connectivity index (χ3v) is 5.78. The van der Waals surface area contributed by atoms with Gasteiger partial charge in [-0.1, -0.05) is 12.1 Å². The standard InChI is InChI=1S/C18H25N3O2S/c1-3-21-18(15-8-10-19-11-9-15)13-16(20-21)12-14-4-6-17(7-5-14)24(2,22)23/h4-7,13,15,19H,3,8-12H2,1-2H3. The summed E-state index contributed by atoms with van der Waals surface area (Å²) in [5.41, 5.74) is 3.47. The summed E-state index contributed by atoms with van der Waals surface area (Å²) in [7, 11) is -3.14. The molecule has 1 aliphatic rings. The molecule has 130 valence electrons. The first-order chi connectivity index (χ1) is 11.5. The summed E-state index contributed by atoms with van der Waals surface area (Å²) in [5, 5.41) is 8.16. The van der Waals surface area contributed by atoms with Gasteiger partial charge in [0.05, 0.1) is 10.6 Å². The predicted molar refractivity (Wildman–Crippen MR) is 95.1 cm³/mol. The number of nitrogens with zero attached hydrogens (tertiary/aromatic N) is 2. The Morgan fingerprint density at radius 3 is 2.46 bits per heavy atom. The first-order valence-electron chi connectivity index (χ1n) is 8.53. The van der Waals surface area contributed by atoms with Crippen LogP contribution < -0.4 is 5.32 Å². The summed E-state index contributed by atoms with van der Waals surface area (Å²) in [6, 6.07) is 9.34. The van der Waals surface area contributed by atoms with Crippen molar-refractivity contribution in [2.24, 2.45) is 0 Å². The van der Waals surface area contributed by atoms with E-state index < -0.39 is 9.84 Å². The molecule has 1 aromatic heterocycles. The Morgan fingerprint density at radius 1 is 1.21 bits per heavy atom. The predicted octanol–water partition coefficient (Wildman–Crippen LogP) is 2.36. The van der Waals surface area contributed by atoms with Crippen molar-refractivity contribution < 1.29 is 8.42 Å². The Kier molecular flexibility index (Phi) is 5.06. The minimum atomic E-state index is -3.14. The Morgan fingerprint density at radius 2 is 1.88 bits per heavy atom. The summed E-state index contributed by atoms with van der Waals surface area (Å²) in [4.78, 5) is 0.362. The van der Waals surface area contributed by atoms with Crippen LogP contribution in [0, 0.1) is 0 Å². The molecule has 3 rings (SSSR count). The number of nitrogens with one attached hydrogen (secondary N) is 1. The molecule has 2 heterocycles. The van der Waals surface area contributed by atoms with Crippen molar-refractivity contribution in [1.82, 2.24) is 15.1 Å². The van der Waals surface area contributed by atoms with E-state index in [0.29, 0.717) is 10.8 Å². The van der Waals surface area contributed by atoms with E-state index in [4.69, 9.17) is 5.10 Å². The fourth-order valence-corrected chi connectivity index (χ4v) is 3.97. The summed E-state index contributed by atoms with van der Waals surface area (Å²) >= 11 is 0. The number of piperidine rings is 1. The van der Waals surface area contributed by atoms with Gasteiger partial charge < -0.3 is 5.32 Å². The highest BCUT2D eigenvalue weighted by atomic mass is 32.2. The van der Waals surface area contributed by atoms with Gasteiger partial charge in [-0.3, -0.25) is 4.68 Å². The van der Waals surface area contributed by atoms with Gasteiger partial charge in [-0.25, -0.2) is 8.42 Å². The Hall–Kier alpha value is -1.66. The molecule has 0 radical (unpaired) electrons. The lowest BCUT2D eigenvalue weighted by atomic mass is 9.94. The first kappa shape index (κ1) is 17.2. The molecule has 0 spiro atoms. The first-order valence-corrected chi connectivity index (χ1v) is 10.4. The maximum atomic E-state index is 11.5. The summed E-state index contributed by atoms with van der Waals surface area (Å²) in [6.07, 6.45) is 4.29. The fraction of sp³-hybridized carbons (Fsp3) is 0.500. The van der Waals surface area contributed by atoms with Gasteiger partial charge in [-0.15, -0.1) is 0 Å². The quantitative estimate of drug-likeness (QED) is 0.902. The molecule has 0 amide bonds. The molecule has 1 N–H and O–H groups in total. The van der Waals surface area contributed by atoms with E-state index in [1.807, 2.05) is 12.1 Å². The zero-order chi connectivity index (χ0) is 17.2. The van der Waals surface area contributed by atoms with E-state index in [2.05, 4.69) is 23.0 Å². The van der Waals surface area contributed by atoms with Crippen LogP contribution in [0.1, 0.15) is 42.6 Å². The molecule has 1 saturated heterocycles. The third-order valence-electron chi connectivity index (χ3n) is 4.66. The maximum absolute atomic E-state index is 11.5. The van der Waals surface area contributed by atoms with Crippen LogP contribution in [0.25, 0.3) is 0 Å². The van der Waals surface area contributed by atoms with Crippen molar-refractivity contribution in [3.63, 3.8) is 0 Å². The summed E-state index contributed by atoms with van der Waals surface area (Å²) in [5.74, 6) is 0.583. The van der Waals surface area contributed by atoms with Crippen molar-refractivity contribution in [2.45, 2.75) is 43.5 Å².